The van der Waals surface area contributed by atoms with Crippen molar-refractivity contribution in [2.24, 2.45) is 0 Å². The number of sulfonamides is 1. The lowest BCUT2D eigenvalue weighted by molar-refractivity contribution is 0.450. The molecule has 0 aliphatic carbocycles. The highest BCUT2D eigenvalue weighted by Gasteiger charge is 2.21. The van der Waals surface area contributed by atoms with Crippen LogP contribution in [0.1, 0.15) is 0 Å². The Morgan fingerprint density at radius 1 is 0.857 bits per heavy atom. The SMILES string of the molecule is Nc1ccc(S(=O)(=O)Nc2ccc(Oc3ccccc3)c(S(=O)(=O)O)c2)cc1. The summed E-state index contributed by atoms with van der Waals surface area (Å²) in [7, 11) is -8.67. The minimum atomic E-state index is -4.68. The predicted octanol–water partition coefficient (Wildman–Crippen LogP) is 3.11. The molecule has 3 aromatic rings. The molecule has 0 saturated heterocycles. The maximum atomic E-state index is 12.5. The molecule has 4 N–H and O–H groups in total. The molecule has 0 spiro atoms. The van der Waals surface area contributed by atoms with E-state index in [1.807, 2.05) is 0 Å². The van der Waals surface area contributed by atoms with Gasteiger partial charge in [-0.3, -0.25) is 9.27 Å². The van der Waals surface area contributed by atoms with E-state index in [-0.39, 0.29) is 16.3 Å². The van der Waals surface area contributed by atoms with Crippen LogP contribution in [0, 0.1) is 0 Å². The van der Waals surface area contributed by atoms with Crippen molar-refractivity contribution in [1.29, 1.82) is 0 Å². The molecule has 3 rings (SSSR count). The van der Waals surface area contributed by atoms with E-state index >= 15 is 0 Å². The van der Waals surface area contributed by atoms with Crippen molar-refractivity contribution in [3.63, 3.8) is 0 Å². The van der Waals surface area contributed by atoms with Gasteiger partial charge in [0.25, 0.3) is 20.1 Å². The number of rotatable bonds is 6. The highest BCUT2D eigenvalue weighted by Crippen LogP contribution is 2.32. The fraction of sp³-hybridized carbons (Fsp3) is 0. The first kappa shape index (κ1) is 19.7. The zero-order valence-corrected chi connectivity index (χ0v) is 15.9. The molecule has 10 heteroatoms. The lowest BCUT2D eigenvalue weighted by Gasteiger charge is -2.13. The monoisotopic (exact) mass is 420 g/mol. The van der Waals surface area contributed by atoms with Crippen LogP contribution in [0.4, 0.5) is 11.4 Å². The van der Waals surface area contributed by atoms with Gasteiger partial charge < -0.3 is 10.5 Å². The van der Waals surface area contributed by atoms with Crippen molar-refractivity contribution >= 4 is 31.5 Å². The summed E-state index contributed by atoms with van der Waals surface area (Å²) in [6, 6.07) is 17.4. The fourth-order valence-electron chi connectivity index (χ4n) is 2.33. The molecule has 0 amide bonds. The number of hydrogen-bond acceptors (Lipinski definition) is 6. The first-order valence-corrected chi connectivity index (χ1v) is 10.8. The zero-order valence-electron chi connectivity index (χ0n) is 14.3. The van der Waals surface area contributed by atoms with Crippen LogP contribution in [0.3, 0.4) is 0 Å². The van der Waals surface area contributed by atoms with Crippen molar-refractivity contribution < 1.29 is 26.1 Å². The Labute approximate surface area is 162 Å². The second kappa shape index (κ2) is 7.50. The van der Waals surface area contributed by atoms with Crippen LogP contribution in [0.15, 0.2) is 82.6 Å². The largest absolute Gasteiger partial charge is 0.456 e. The summed E-state index contributed by atoms with van der Waals surface area (Å²) in [5.74, 6) is 0.201. The summed E-state index contributed by atoms with van der Waals surface area (Å²) in [5.41, 5.74) is 5.88. The molecule has 0 aliphatic heterocycles. The van der Waals surface area contributed by atoms with Crippen LogP contribution in [-0.2, 0) is 20.1 Å². The molecule has 0 unspecified atom stereocenters. The van der Waals surface area contributed by atoms with Gasteiger partial charge in [-0.05, 0) is 54.6 Å². The summed E-state index contributed by atoms with van der Waals surface area (Å²) in [4.78, 5) is -0.631. The smallest absolute Gasteiger partial charge is 0.298 e. The molecule has 3 aromatic carbocycles. The van der Waals surface area contributed by atoms with E-state index in [0.717, 1.165) is 6.07 Å². The van der Waals surface area contributed by atoms with Gasteiger partial charge in [0.2, 0.25) is 0 Å². The highest BCUT2D eigenvalue weighted by atomic mass is 32.2. The summed E-state index contributed by atoms with van der Waals surface area (Å²) in [5, 5.41) is 0. The second-order valence-electron chi connectivity index (χ2n) is 5.73. The van der Waals surface area contributed by atoms with E-state index in [1.165, 1.54) is 36.4 Å². The summed E-state index contributed by atoms with van der Waals surface area (Å²) >= 11 is 0. The number of nitrogen functional groups attached to an aromatic ring is 1. The van der Waals surface area contributed by atoms with Crippen LogP contribution in [0.25, 0.3) is 0 Å². The Balaban J connectivity index is 1.96. The van der Waals surface area contributed by atoms with Crippen LogP contribution in [0.5, 0.6) is 11.5 Å². The van der Waals surface area contributed by atoms with Crippen molar-refractivity contribution in [1.82, 2.24) is 0 Å². The highest BCUT2D eigenvalue weighted by molar-refractivity contribution is 7.92. The first-order valence-electron chi connectivity index (χ1n) is 7.88. The number of nitrogens with two attached hydrogens (primary N) is 1. The quantitative estimate of drug-likeness (QED) is 0.412. The number of benzene rings is 3. The van der Waals surface area contributed by atoms with Gasteiger partial charge in [0.05, 0.1) is 10.6 Å². The summed E-state index contributed by atoms with van der Waals surface area (Å²) in [6.07, 6.45) is 0. The van der Waals surface area contributed by atoms with Crippen molar-refractivity contribution in [3.05, 3.63) is 72.8 Å². The molecule has 28 heavy (non-hydrogen) atoms. The van der Waals surface area contributed by atoms with Crippen LogP contribution >= 0.6 is 0 Å². The molecular weight excluding hydrogens is 404 g/mol. The Kier molecular flexibility index (Phi) is 5.27. The van der Waals surface area contributed by atoms with Gasteiger partial charge in [-0.15, -0.1) is 0 Å². The maximum Gasteiger partial charge on any atom is 0.298 e. The van der Waals surface area contributed by atoms with E-state index < -0.39 is 25.0 Å². The van der Waals surface area contributed by atoms with E-state index in [1.54, 1.807) is 30.3 Å². The summed E-state index contributed by atoms with van der Waals surface area (Å²) in [6.45, 7) is 0. The molecule has 0 atom stereocenters. The van der Waals surface area contributed by atoms with E-state index in [4.69, 9.17) is 10.5 Å². The average molecular weight is 420 g/mol. The lowest BCUT2D eigenvalue weighted by atomic mass is 10.3. The first-order chi connectivity index (χ1) is 13.1. The molecular formula is C18H16N2O6S2. The molecule has 0 bridgehead atoms. The van der Waals surface area contributed by atoms with Crippen molar-refractivity contribution in [2.45, 2.75) is 9.79 Å². The molecule has 0 aliphatic rings. The number of para-hydroxylation sites is 1. The third-order valence-electron chi connectivity index (χ3n) is 3.64. The Morgan fingerprint density at radius 3 is 2.11 bits per heavy atom. The minimum absolute atomic E-state index is 0.0558. The third kappa shape index (κ3) is 4.60. The van der Waals surface area contributed by atoms with Gasteiger partial charge in [0.15, 0.2) is 0 Å². The van der Waals surface area contributed by atoms with Gasteiger partial charge in [-0.2, -0.15) is 8.42 Å². The van der Waals surface area contributed by atoms with Crippen LogP contribution in [0.2, 0.25) is 0 Å². The van der Waals surface area contributed by atoms with Crippen LogP contribution < -0.4 is 15.2 Å². The number of anilines is 2. The molecule has 0 radical (unpaired) electrons. The zero-order chi connectivity index (χ0) is 20.4. The molecule has 0 heterocycles. The van der Waals surface area contributed by atoms with Gasteiger partial charge in [-0.1, -0.05) is 18.2 Å². The average Bonchev–Trinajstić information content (AvgIpc) is 2.63. The molecule has 0 saturated carbocycles. The third-order valence-corrected chi connectivity index (χ3v) is 5.91. The Morgan fingerprint density at radius 2 is 1.50 bits per heavy atom. The van der Waals surface area contributed by atoms with Crippen molar-refractivity contribution in [3.8, 4) is 11.5 Å². The Hall–Kier alpha value is -3.08. The minimum Gasteiger partial charge on any atom is -0.456 e. The van der Waals surface area contributed by atoms with Gasteiger partial charge in [0, 0.05) is 5.69 Å². The van der Waals surface area contributed by atoms with E-state index in [0.29, 0.717) is 11.4 Å². The van der Waals surface area contributed by atoms with Gasteiger partial charge in [0.1, 0.15) is 16.4 Å². The lowest BCUT2D eigenvalue weighted by Crippen LogP contribution is -2.13. The number of nitrogens with one attached hydrogen (secondary N) is 1. The van der Waals surface area contributed by atoms with Crippen molar-refractivity contribution in [2.75, 3.05) is 10.5 Å². The number of hydrogen-bond donors (Lipinski definition) is 3. The van der Waals surface area contributed by atoms with Gasteiger partial charge in [-0.25, -0.2) is 8.42 Å². The standard InChI is InChI=1S/C18H16N2O6S2/c19-13-6-9-16(10-7-13)27(21,22)20-14-8-11-17(18(12-14)28(23,24)25)26-15-4-2-1-3-5-15/h1-12,20H,19H2,(H,23,24,25). The molecule has 146 valence electrons. The second-order valence-corrected chi connectivity index (χ2v) is 8.80. The van der Waals surface area contributed by atoms with Gasteiger partial charge >= 0.3 is 0 Å². The molecule has 0 fully saturated rings. The maximum absolute atomic E-state index is 12.5. The summed E-state index contributed by atoms with van der Waals surface area (Å²) < 4.78 is 65.7. The number of ether oxygens (including phenoxy) is 1. The molecule has 0 aromatic heterocycles. The normalized spacial score (nSPS) is 11.8. The predicted molar refractivity (Wildman–Crippen MR) is 104 cm³/mol. The Bertz CT molecular complexity index is 1190. The fourth-order valence-corrected chi connectivity index (χ4v) is 4.02. The molecule has 8 nitrogen and oxygen atoms in total. The topological polar surface area (TPSA) is 136 Å². The van der Waals surface area contributed by atoms with E-state index in [9.17, 15) is 21.4 Å². The van der Waals surface area contributed by atoms with Crippen LogP contribution in [-0.4, -0.2) is 21.4 Å². The van der Waals surface area contributed by atoms with E-state index in [2.05, 4.69) is 4.72 Å².